The Morgan fingerprint density at radius 1 is 0.941 bits per heavy atom. The molecule has 0 spiro atoms. The lowest BCUT2D eigenvalue weighted by molar-refractivity contribution is -0.142. The van der Waals surface area contributed by atoms with Gasteiger partial charge in [0.15, 0.2) is 0 Å². The molecule has 5 nitrogen and oxygen atoms in total. The molecule has 17 heavy (non-hydrogen) atoms. The van der Waals surface area contributed by atoms with Crippen LogP contribution in [0.2, 0.25) is 0 Å². The third-order valence-electron chi connectivity index (χ3n) is 1.47. The molecule has 0 saturated heterocycles. The molecular weight excluding hydrogens is 224 g/mol. The van der Waals surface area contributed by atoms with E-state index < -0.39 is 0 Å². The van der Waals surface area contributed by atoms with Crippen LogP contribution in [0.15, 0.2) is 0 Å². The predicted octanol–water partition coefficient (Wildman–Crippen LogP) is 1.38. The molecule has 104 valence electrons. The number of rotatable bonds is 9. The van der Waals surface area contributed by atoms with E-state index in [0.717, 1.165) is 26.1 Å². The van der Waals surface area contributed by atoms with E-state index in [2.05, 4.69) is 18.6 Å². The fourth-order valence-corrected chi connectivity index (χ4v) is 0.802. The van der Waals surface area contributed by atoms with Crippen LogP contribution in [0.4, 0.5) is 0 Å². The summed E-state index contributed by atoms with van der Waals surface area (Å²) in [6.07, 6.45) is 2.28. The molecule has 0 heterocycles. The van der Waals surface area contributed by atoms with Gasteiger partial charge in [0.05, 0.1) is 19.8 Å². The van der Waals surface area contributed by atoms with Gasteiger partial charge in [0.25, 0.3) is 0 Å². The number of hydrogen-bond acceptors (Lipinski definition) is 5. The fourth-order valence-electron chi connectivity index (χ4n) is 0.802. The van der Waals surface area contributed by atoms with E-state index in [0.29, 0.717) is 13.2 Å². The lowest BCUT2D eigenvalue weighted by Gasteiger charge is -2.01. The average Bonchev–Trinajstić information content (AvgIpc) is 2.30. The Balaban J connectivity index is 0. The zero-order valence-electron chi connectivity index (χ0n) is 11.2. The highest BCUT2D eigenvalue weighted by atomic mass is 16.6. The van der Waals surface area contributed by atoms with E-state index >= 15 is 0 Å². The van der Waals surface area contributed by atoms with Crippen molar-refractivity contribution in [2.45, 2.75) is 33.6 Å². The summed E-state index contributed by atoms with van der Waals surface area (Å²) in [6.45, 7) is 8.33. The fraction of sp³-hybridized carbons (Fsp3) is 0.917. The highest BCUT2D eigenvalue weighted by molar-refractivity contribution is 5.65. The Kier molecular flexibility index (Phi) is 19.5. The van der Waals surface area contributed by atoms with Crippen molar-refractivity contribution >= 4 is 5.97 Å². The summed E-state index contributed by atoms with van der Waals surface area (Å²) in [4.78, 5) is 10.1. The van der Waals surface area contributed by atoms with Crippen molar-refractivity contribution in [3.05, 3.63) is 0 Å². The van der Waals surface area contributed by atoms with Crippen molar-refractivity contribution < 1.29 is 24.1 Å². The zero-order chi connectivity index (χ0) is 13.4. The molecule has 0 aromatic carbocycles. The predicted molar refractivity (Wildman–Crippen MR) is 65.9 cm³/mol. The second-order valence-electron chi connectivity index (χ2n) is 3.29. The van der Waals surface area contributed by atoms with Gasteiger partial charge in [-0.15, -0.1) is 0 Å². The molecule has 5 heteroatoms. The van der Waals surface area contributed by atoms with Gasteiger partial charge in [0.2, 0.25) is 0 Å². The smallest absolute Gasteiger partial charge is 0.302 e. The molecule has 0 atom stereocenters. The number of hydrogen-bond donors (Lipinski definition) is 1. The van der Waals surface area contributed by atoms with E-state index in [1.807, 2.05) is 0 Å². The summed E-state index contributed by atoms with van der Waals surface area (Å²) < 4.78 is 14.5. The Hall–Kier alpha value is -0.650. The van der Waals surface area contributed by atoms with Crippen molar-refractivity contribution in [2.75, 3.05) is 39.6 Å². The van der Waals surface area contributed by atoms with Crippen molar-refractivity contribution in [3.63, 3.8) is 0 Å². The number of carbonyl (C=O) groups is 1. The summed E-state index contributed by atoms with van der Waals surface area (Å²) in [5.74, 6) is -0.312. The molecule has 0 aromatic heterocycles. The SMILES string of the molecule is CC(=O)OCCOCCO.CCCOCCC. The maximum atomic E-state index is 10.1. The Morgan fingerprint density at radius 3 is 1.88 bits per heavy atom. The largest absolute Gasteiger partial charge is 0.463 e. The van der Waals surface area contributed by atoms with Crippen molar-refractivity contribution in [1.29, 1.82) is 0 Å². The summed E-state index contributed by atoms with van der Waals surface area (Å²) in [5.41, 5.74) is 0. The van der Waals surface area contributed by atoms with Gasteiger partial charge in [0, 0.05) is 20.1 Å². The van der Waals surface area contributed by atoms with Crippen LogP contribution in [0.1, 0.15) is 33.6 Å². The average molecular weight is 250 g/mol. The molecule has 1 N–H and O–H groups in total. The van der Waals surface area contributed by atoms with Crippen LogP contribution in [-0.2, 0) is 19.0 Å². The Bertz CT molecular complexity index is 146. The van der Waals surface area contributed by atoms with E-state index in [4.69, 9.17) is 14.6 Å². The normalized spacial score (nSPS) is 9.41. The molecule has 0 rings (SSSR count). The lowest BCUT2D eigenvalue weighted by atomic mass is 10.5. The van der Waals surface area contributed by atoms with Crippen LogP contribution in [0, 0.1) is 0 Å². The van der Waals surface area contributed by atoms with Crippen molar-refractivity contribution in [2.24, 2.45) is 0 Å². The Morgan fingerprint density at radius 2 is 1.47 bits per heavy atom. The van der Waals surface area contributed by atoms with Crippen LogP contribution < -0.4 is 0 Å². The third-order valence-corrected chi connectivity index (χ3v) is 1.47. The molecule has 0 aliphatic rings. The molecule has 0 aromatic rings. The van der Waals surface area contributed by atoms with Gasteiger partial charge < -0.3 is 19.3 Å². The number of aliphatic hydroxyl groups excluding tert-OH is 1. The van der Waals surface area contributed by atoms with Crippen LogP contribution in [-0.4, -0.2) is 50.7 Å². The number of carbonyl (C=O) groups excluding carboxylic acids is 1. The van der Waals surface area contributed by atoms with Crippen molar-refractivity contribution in [3.8, 4) is 0 Å². The van der Waals surface area contributed by atoms with Gasteiger partial charge in [-0.1, -0.05) is 13.8 Å². The van der Waals surface area contributed by atoms with Crippen LogP contribution in [0.3, 0.4) is 0 Å². The van der Waals surface area contributed by atoms with E-state index in [1.54, 1.807) is 0 Å². The van der Waals surface area contributed by atoms with Gasteiger partial charge in [-0.3, -0.25) is 4.79 Å². The quantitative estimate of drug-likeness (QED) is 0.495. The second kappa shape index (κ2) is 17.7. The van der Waals surface area contributed by atoms with Crippen LogP contribution in [0.25, 0.3) is 0 Å². The molecule has 0 fully saturated rings. The Labute approximate surface area is 104 Å². The zero-order valence-corrected chi connectivity index (χ0v) is 11.2. The maximum Gasteiger partial charge on any atom is 0.302 e. The summed E-state index contributed by atoms with van der Waals surface area (Å²) in [5, 5.41) is 8.24. The minimum absolute atomic E-state index is 0.0000709. The number of ether oxygens (including phenoxy) is 3. The van der Waals surface area contributed by atoms with Crippen LogP contribution in [0.5, 0.6) is 0 Å². The molecule has 0 aliphatic heterocycles. The molecule has 0 radical (unpaired) electrons. The molecular formula is C12H26O5. The third kappa shape index (κ3) is 25.5. The highest BCUT2D eigenvalue weighted by Gasteiger charge is 1.90. The standard InChI is InChI=1S/C6H12O4.C6H14O/c1-6(8)10-5-4-9-3-2-7;1-3-5-7-6-4-2/h7H,2-5H2,1H3;3-6H2,1-2H3. The topological polar surface area (TPSA) is 65.0 Å². The minimum atomic E-state index is -0.312. The van der Waals surface area contributed by atoms with E-state index in [-0.39, 0.29) is 19.2 Å². The monoisotopic (exact) mass is 250 g/mol. The van der Waals surface area contributed by atoms with E-state index in [1.165, 1.54) is 6.92 Å². The first-order valence-corrected chi connectivity index (χ1v) is 6.08. The van der Waals surface area contributed by atoms with E-state index in [9.17, 15) is 4.79 Å². The van der Waals surface area contributed by atoms with Gasteiger partial charge in [-0.25, -0.2) is 0 Å². The van der Waals surface area contributed by atoms with Gasteiger partial charge >= 0.3 is 5.97 Å². The molecule has 0 unspecified atom stereocenters. The lowest BCUT2D eigenvalue weighted by Crippen LogP contribution is -2.09. The van der Waals surface area contributed by atoms with Crippen LogP contribution >= 0.6 is 0 Å². The molecule has 0 bridgehead atoms. The summed E-state index contributed by atoms with van der Waals surface area (Å²) in [7, 11) is 0. The van der Waals surface area contributed by atoms with Gasteiger partial charge in [-0.2, -0.15) is 0 Å². The first-order valence-electron chi connectivity index (χ1n) is 6.08. The van der Waals surface area contributed by atoms with Crippen molar-refractivity contribution in [1.82, 2.24) is 0 Å². The second-order valence-corrected chi connectivity index (χ2v) is 3.29. The minimum Gasteiger partial charge on any atom is -0.463 e. The number of esters is 1. The maximum absolute atomic E-state index is 10.1. The van der Waals surface area contributed by atoms with Gasteiger partial charge in [-0.05, 0) is 12.8 Å². The molecule has 0 aliphatic carbocycles. The molecule has 0 saturated carbocycles. The molecule has 0 amide bonds. The summed E-state index contributed by atoms with van der Waals surface area (Å²) in [6, 6.07) is 0. The first-order chi connectivity index (χ1) is 8.18. The number of aliphatic hydroxyl groups is 1. The highest BCUT2D eigenvalue weighted by Crippen LogP contribution is 1.81. The summed E-state index contributed by atoms with van der Waals surface area (Å²) >= 11 is 0. The van der Waals surface area contributed by atoms with Gasteiger partial charge in [0.1, 0.15) is 6.61 Å². The first kappa shape index (κ1) is 18.7.